The molecular formula is C13H14F2N2OS. The Kier molecular flexibility index (Phi) is 4.81. The van der Waals surface area contributed by atoms with Crippen LogP contribution in [0.2, 0.25) is 0 Å². The second-order valence-electron chi connectivity index (χ2n) is 3.88. The Morgan fingerprint density at radius 3 is 3.00 bits per heavy atom. The Balaban J connectivity index is 1.94. The first-order chi connectivity index (χ1) is 9.19. The molecule has 0 fully saturated rings. The van der Waals surface area contributed by atoms with E-state index in [1.54, 1.807) is 0 Å². The maximum absolute atomic E-state index is 13.3. The summed E-state index contributed by atoms with van der Waals surface area (Å²) in [7, 11) is 0. The molecule has 6 heteroatoms. The maximum atomic E-state index is 13.3. The summed E-state index contributed by atoms with van der Waals surface area (Å²) in [6.45, 7) is 3.72. The van der Waals surface area contributed by atoms with E-state index in [4.69, 9.17) is 4.74 Å². The molecule has 0 bridgehead atoms. The van der Waals surface area contributed by atoms with E-state index in [9.17, 15) is 8.78 Å². The molecule has 1 N–H and O–H groups in total. The highest BCUT2D eigenvalue weighted by molar-refractivity contribution is 7.09. The molecule has 1 aromatic heterocycles. The van der Waals surface area contributed by atoms with Gasteiger partial charge in [0.2, 0.25) is 0 Å². The van der Waals surface area contributed by atoms with Crippen molar-refractivity contribution in [3.63, 3.8) is 0 Å². The van der Waals surface area contributed by atoms with Crippen molar-refractivity contribution < 1.29 is 13.5 Å². The van der Waals surface area contributed by atoms with E-state index in [0.717, 1.165) is 29.8 Å². The van der Waals surface area contributed by atoms with Crippen LogP contribution in [0.4, 0.5) is 8.78 Å². The van der Waals surface area contributed by atoms with Gasteiger partial charge in [-0.15, -0.1) is 11.3 Å². The monoisotopic (exact) mass is 284 g/mol. The standard InChI is InChI=1S/C13H14F2N2OS/c1-2-16-6-13-17-10(8-19-13)7-18-12-5-9(14)3-4-11(12)15/h3-5,8,16H,2,6-7H2,1H3. The Bertz CT molecular complexity index is 545. The Labute approximate surface area is 114 Å². The van der Waals surface area contributed by atoms with E-state index < -0.39 is 11.6 Å². The van der Waals surface area contributed by atoms with Crippen molar-refractivity contribution in [3.8, 4) is 5.75 Å². The first kappa shape index (κ1) is 13.9. The van der Waals surface area contributed by atoms with Crippen LogP contribution >= 0.6 is 11.3 Å². The van der Waals surface area contributed by atoms with Crippen molar-refractivity contribution in [2.45, 2.75) is 20.1 Å². The van der Waals surface area contributed by atoms with Crippen LogP contribution in [0.25, 0.3) is 0 Å². The molecule has 1 aromatic carbocycles. The van der Waals surface area contributed by atoms with Crippen molar-refractivity contribution in [1.29, 1.82) is 0 Å². The summed E-state index contributed by atoms with van der Waals surface area (Å²) >= 11 is 1.51. The van der Waals surface area contributed by atoms with Gasteiger partial charge >= 0.3 is 0 Å². The molecule has 0 amide bonds. The van der Waals surface area contributed by atoms with Crippen LogP contribution in [0.5, 0.6) is 5.75 Å². The average Bonchev–Trinajstić information content (AvgIpc) is 2.85. The highest BCUT2D eigenvalue weighted by Crippen LogP contribution is 2.20. The van der Waals surface area contributed by atoms with Gasteiger partial charge in [-0.2, -0.15) is 0 Å². The lowest BCUT2D eigenvalue weighted by Gasteiger charge is -2.05. The van der Waals surface area contributed by atoms with Crippen molar-refractivity contribution in [1.82, 2.24) is 10.3 Å². The number of aromatic nitrogens is 1. The van der Waals surface area contributed by atoms with Gasteiger partial charge in [-0.1, -0.05) is 6.92 Å². The highest BCUT2D eigenvalue weighted by atomic mass is 32.1. The summed E-state index contributed by atoms with van der Waals surface area (Å²) in [5.74, 6) is -1.20. The Morgan fingerprint density at radius 1 is 1.37 bits per heavy atom. The summed E-state index contributed by atoms with van der Waals surface area (Å²) in [6.07, 6.45) is 0. The number of rotatable bonds is 6. The molecule has 0 spiro atoms. The molecule has 0 unspecified atom stereocenters. The molecule has 0 atom stereocenters. The molecular weight excluding hydrogens is 270 g/mol. The van der Waals surface area contributed by atoms with Crippen molar-refractivity contribution >= 4 is 11.3 Å². The van der Waals surface area contributed by atoms with Gasteiger partial charge in [-0.25, -0.2) is 13.8 Å². The molecule has 2 aromatic rings. The molecule has 0 aliphatic rings. The third-order valence-electron chi connectivity index (χ3n) is 2.39. The van der Waals surface area contributed by atoms with E-state index in [1.165, 1.54) is 11.3 Å². The van der Waals surface area contributed by atoms with Gasteiger partial charge in [-0.3, -0.25) is 0 Å². The molecule has 3 nitrogen and oxygen atoms in total. The largest absolute Gasteiger partial charge is 0.484 e. The summed E-state index contributed by atoms with van der Waals surface area (Å²) in [6, 6.07) is 3.13. The third kappa shape index (κ3) is 3.97. The molecule has 2 rings (SSSR count). The van der Waals surface area contributed by atoms with Gasteiger partial charge in [0.15, 0.2) is 11.6 Å². The molecule has 0 saturated heterocycles. The van der Waals surface area contributed by atoms with Crippen molar-refractivity contribution in [3.05, 3.63) is 45.9 Å². The minimum Gasteiger partial charge on any atom is -0.484 e. The Hall–Kier alpha value is -1.53. The molecule has 102 valence electrons. The minimum absolute atomic E-state index is 0.0961. The molecule has 0 radical (unpaired) electrons. The lowest BCUT2D eigenvalue weighted by atomic mass is 10.3. The number of halogens is 2. The van der Waals surface area contributed by atoms with Gasteiger partial charge in [0.25, 0.3) is 0 Å². The number of nitrogens with one attached hydrogen (secondary N) is 1. The number of benzene rings is 1. The van der Waals surface area contributed by atoms with Gasteiger partial charge in [0.05, 0.1) is 5.69 Å². The zero-order valence-corrected chi connectivity index (χ0v) is 11.3. The highest BCUT2D eigenvalue weighted by Gasteiger charge is 2.07. The molecule has 0 saturated carbocycles. The SMILES string of the molecule is CCNCc1nc(COc2cc(F)ccc2F)cs1. The van der Waals surface area contributed by atoms with E-state index in [1.807, 2.05) is 12.3 Å². The fourth-order valence-corrected chi connectivity index (χ4v) is 2.22. The van der Waals surface area contributed by atoms with Gasteiger partial charge in [-0.05, 0) is 18.7 Å². The zero-order chi connectivity index (χ0) is 13.7. The normalized spacial score (nSPS) is 10.7. The van der Waals surface area contributed by atoms with E-state index >= 15 is 0 Å². The summed E-state index contributed by atoms with van der Waals surface area (Å²) in [5.41, 5.74) is 0.710. The van der Waals surface area contributed by atoms with Crippen LogP contribution < -0.4 is 10.1 Å². The quantitative estimate of drug-likeness (QED) is 0.885. The second-order valence-corrected chi connectivity index (χ2v) is 4.82. The average molecular weight is 284 g/mol. The van der Waals surface area contributed by atoms with Crippen molar-refractivity contribution in [2.24, 2.45) is 0 Å². The lowest BCUT2D eigenvalue weighted by molar-refractivity contribution is 0.284. The lowest BCUT2D eigenvalue weighted by Crippen LogP contribution is -2.11. The number of hydrogen-bond acceptors (Lipinski definition) is 4. The van der Waals surface area contributed by atoms with E-state index in [2.05, 4.69) is 10.3 Å². The fourth-order valence-electron chi connectivity index (χ4n) is 1.47. The smallest absolute Gasteiger partial charge is 0.165 e. The zero-order valence-electron chi connectivity index (χ0n) is 10.5. The van der Waals surface area contributed by atoms with Crippen LogP contribution in [-0.2, 0) is 13.2 Å². The summed E-state index contributed by atoms with van der Waals surface area (Å²) in [4.78, 5) is 4.33. The van der Waals surface area contributed by atoms with Crippen LogP contribution in [0.1, 0.15) is 17.6 Å². The maximum Gasteiger partial charge on any atom is 0.165 e. The molecule has 0 aliphatic carbocycles. The number of ether oxygens (including phenoxy) is 1. The van der Waals surface area contributed by atoms with Crippen LogP contribution in [-0.4, -0.2) is 11.5 Å². The van der Waals surface area contributed by atoms with Crippen LogP contribution in [0.15, 0.2) is 23.6 Å². The number of hydrogen-bond donors (Lipinski definition) is 1. The molecule has 0 aliphatic heterocycles. The van der Waals surface area contributed by atoms with Crippen LogP contribution in [0.3, 0.4) is 0 Å². The van der Waals surface area contributed by atoms with Crippen molar-refractivity contribution in [2.75, 3.05) is 6.54 Å². The predicted octanol–water partition coefficient (Wildman–Crippen LogP) is 3.11. The summed E-state index contributed by atoms with van der Waals surface area (Å²) in [5, 5.41) is 5.96. The second kappa shape index (κ2) is 6.58. The molecule has 19 heavy (non-hydrogen) atoms. The van der Waals surface area contributed by atoms with Crippen LogP contribution in [0, 0.1) is 11.6 Å². The third-order valence-corrected chi connectivity index (χ3v) is 3.29. The van der Waals surface area contributed by atoms with Gasteiger partial charge < -0.3 is 10.1 Å². The number of thiazole rings is 1. The summed E-state index contributed by atoms with van der Waals surface area (Å²) < 4.78 is 31.5. The predicted molar refractivity (Wildman–Crippen MR) is 70.2 cm³/mol. The minimum atomic E-state index is -0.579. The fraction of sp³-hybridized carbons (Fsp3) is 0.308. The Morgan fingerprint density at radius 2 is 2.21 bits per heavy atom. The van der Waals surface area contributed by atoms with E-state index in [-0.39, 0.29) is 12.4 Å². The molecule has 1 heterocycles. The topological polar surface area (TPSA) is 34.2 Å². The first-order valence-corrected chi connectivity index (χ1v) is 6.79. The van der Waals surface area contributed by atoms with Gasteiger partial charge in [0.1, 0.15) is 17.4 Å². The first-order valence-electron chi connectivity index (χ1n) is 5.91. The number of nitrogens with zero attached hydrogens (tertiary/aromatic N) is 1. The van der Waals surface area contributed by atoms with Gasteiger partial charge in [0, 0.05) is 18.0 Å². The van der Waals surface area contributed by atoms with E-state index in [0.29, 0.717) is 12.2 Å².